The molecule has 2 aliphatic rings. The highest BCUT2D eigenvalue weighted by atomic mass is 32.2. The molecular weight excluding hydrogens is 210 g/mol. The van der Waals surface area contributed by atoms with E-state index in [0.717, 1.165) is 11.7 Å². The Morgan fingerprint density at radius 1 is 1.53 bits per heavy atom. The summed E-state index contributed by atoms with van der Waals surface area (Å²) >= 11 is 1.84. The van der Waals surface area contributed by atoms with Crippen LogP contribution in [0, 0.1) is 5.92 Å². The minimum Gasteiger partial charge on any atom is -0.544 e. The Hall–Kier alpha value is -0.220. The van der Waals surface area contributed by atoms with E-state index in [1.807, 2.05) is 11.8 Å². The number of nitrogens with two attached hydrogens (primary N) is 1. The summed E-state index contributed by atoms with van der Waals surface area (Å²) in [7, 11) is 0. The number of carboxylic acids is 1. The molecule has 0 bridgehead atoms. The first-order valence-electron chi connectivity index (χ1n) is 5.86. The van der Waals surface area contributed by atoms with Gasteiger partial charge < -0.3 is 15.2 Å². The van der Waals surface area contributed by atoms with Crippen LogP contribution in [0.1, 0.15) is 39.0 Å². The van der Waals surface area contributed by atoms with Gasteiger partial charge in [-0.3, -0.25) is 0 Å². The van der Waals surface area contributed by atoms with Crippen molar-refractivity contribution >= 4 is 17.7 Å². The van der Waals surface area contributed by atoms with Crippen molar-refractivity contribution in [2.75, 3.05) is 5.75 Å². The number of hydrogen-bond acceptors (Lipinski definition) is 3. The Bertz CT molecular complexity index is 249. The number of quaternary nitrogens is 1. The Morgan fingerprint density at radius 3 is 2.67 bits per heavy atom. The van der Waals surface area contributed by atoms with E-state index >= 15 is 0 Å². The van der Waals surface area contributed by atoms with Gasteiger partial charge in [-0.25, -0.2) is 0 Å². The van der Waals surface area contributed by atoms with Gasteiger partial charge >= 0.3 is 0 Å². The molecule has 4 heteroatoms. The molecule has 2 fully saturated rings. The molecule has 1 heterocycles. The van der Waals surface area contributed by atoms with Crippen molar-refractivity contribution in [2.45, 2.75) is 49.9 Å². The number of aliphatic carboxylic acids is 1. The fourth-order valence-corrected chi connectivity index (χ4v) is 4.27. The molecule has 1 aliphatic heterocycles. The number of carboxylic acid groups (broad SMARTS) is 1. The first-order valence-corrected chi connectivity index (χ1v) is 6.84. The lowest BCUT2D eigenvalue weighted by molar-refractivity contribution is -0.719. The second-order valence-electron chi connectivity index (χ2n) is 4.82. The van der Waals surface area contributed by atoms with Gasteiger partial charge in [0.1, 0.15) is 16.9 Å². The predicted molar refractivity (Wildman–Crippen MR) is 58.2 cm³/mol. The molecule has 0 unspecified atom stereocenters. The van der Waals surface area contributed by atoms with Crippen LogP contribution < -0.4 is 10.4 Å². The van der Waals surface area contributed by atoms with Crippen LogP contribution in [-0.4, -0.2) is 22.6 Å². The van der Waals surface area contributed by atoms with E-state index in [-0.39, 0.29) is 10.9 Å². The zero-order chi connectivity index (χ0) is 10.9. The molecule has 2 N–H and O–H groups in total. The maximum Gasteiger partial charge on any atom is 0.143 e. The lowest BCUT2D eigenvalue weighted by atomic mass is 9.84. The van der Waals surface area contributed by atoms with Crippen LogP contribution in [-0.2, 0) is 4.79 Å². The van der Waals surface area contributed by atoms with E-state index in [2.05, 4.69) is 12.2 Å². The van der Waals surface area contributed by atoms with Gasteiger partial charge in [0.25, 0.3) is 0 Å². The zero-order valence-corrected chi connectivity index (χ0v) is 10.0. The Kier molecular flexibility index (Phi) is 3.26. The Balaban J connectivity index is 1.92. The largest absolute Gasteiger partial charge is 0.544 e. The number of carbonyl (C=O) groups excluding carboxylic acids is 1. The monoisotopic (exact) mass is 229 g/mol. The molecule has 1 spiro atoms. The summed E-state index contributed by atoms with van der Waals surface area (Å²) in [4.78, 5) is 11.0. The molecule has 1 atom stereocenters. The molecule has 0 aromatic carbocycles. The Labute approximate surface area is 95.0 Å². The summed E-state index contributed by atoms with van der Waals surface area (Å²) in [6.07, 6.45) is 6.13. The van der Waals surface area contributed by atoms with Crippen LogP contribution in [0.4, 0.5) is 0 Å². The van der Waals surface area contributed by atoms with E-state index in [1.54, 1.807) is 0 Å². The fourth-order valence-electron chi connectivity index (χ4n) is 2.74. The van der Waals surface area contributed by atoms with Crippen molar-refractivity contribution in [1.82, 2.24) is 0 Å². The summed E-state index contributed by atoms with van der Waals surface area (Å²) in [6, 6.07) is -0.312. The van der Waals surface area contributed by atoms with Crippen molar-refractivity contribution in [3.63, 3.8) is 0 Å². The molecule has 0 radical (unpaired) electrons. The summed E-state index contributed by atoms with van der Waals surface area (Å²) < 4.78 is 0. The van der Waals surface area contributed by atoms with Crippen molar-refractivity contribution in [1.29, 1.82) is 0 Å². The minimum absolute atomic E-state index is 0.177. The molecule has 1 saturated carbocycles. The van der Waals surface area contributed by atoms with Gasteiger partial charge in [0.15, 0.2) is 0 Å². The average Bonchev–Trinajstić information content (AvgIpc) is 2.64. The van der Waals surface area contributed by atoms with Crippen LogP contribution in [0.3, 0.4) is 0 Å². The highest BCUT2D eigenvalue weighted by Gasteiger charge is 2.46. The topological polar surface area (TPSA) is 56.7 Å². The van der Waals surface area contributed by atoms with E-state index in [1.165, 1.54) is 32.1 Å². The molecule has 15 heavy (non-hydrogen) atoms. The van der Waals surface area contributed by atoms with Gasteiger partial charge in [0, 0.05) is 12.8 Å². The second kappa shape index (κ2) is 4.34. The lowest BCUT2D eigenvalue weighted by Gasteiger charge is -2.34. The first kappa shape index (κ1) is 11.3. The molecule has 1 aliphatic carbocycles. The average molecular weight is 229 g/mol. The molecular formula is C11H19NO2S. The third-order valence-corrected chi connectivity index (χ3v) is 5.53. The minimum atomic E-state index is -0.892. The SMILES string of the molecule is CCC1CCC2(CC1)[NH2+][C@@H](C(=O)[O-])CS2. The molecule has 0 aromatic rings. The third-order valence-electron chi connectivity index (χ3n) is 3.89. The van der Waals surface area contributed by atoms with Gasteiger partial charge in [0.2, 0.25) is 0 Å². The standard InChI is InChI=1S/C11H19NO2S/c1-2-8-3-5-11(6-4-8)12-9(7-15-11)10(13)14/h8-9,12H,2-7H2,1H3,(H,13,14)/t8?,9-,11?/m1/s1. The van der Waals surface area contributed by atoms with Gasteiger partial charge in [-0.15, -0.1) is 0 Å². The molecule has 86 valence electrons. The Morgan fingerprint density at radius 2 is 2.20 bits per heavy atom. The maximum absolute atomic E-state index is 10.8. The van der Waals surface area contributed by atoms with E-state index in [9.17, 15) is 9.90 Å². The quantitative estimate of drug-likeness (QED) is 0.708. The third kappa shape index (κ3) is 2.31. The molecule has 1 saturated heterocycles. The van der Waals surface area contributed by atoms with Crippen LogP contribution in [0.15, 0.2) is 0 Å². The van der Waals surface area contributed by atoms with Gasteiger partial charge in [-0.05, 0) is 18.8 Å². The number of carbonyl (C=O) groups is 1. The van der Waals surface area contributed by atoms with Crippen LogP contribution in [0.2, 0.25) is 0 Å². The van der Waals surface area contributed by atoms with Crippen molar-refractivity contribution < 1.29 is 15.2 Å². The highest BCUT2D eigenvalue weighted by molar-refractivity contribution is 8.00. The van der Waals surface area contributed by atoms with Crippen molar-refractivity contribution in [2.24, 2.45) is 5.92 Å². The van der Waals surface area contributed by atoms with Crippen LogP contribution in [0.5, 0.6) is 0 Å². The van der Waals surface area contributed by atoms with Gasteiger partial charge in [-0.2, -0.15) is 0 Å². The molecule has 3 nitrogen and oxygen atoms in total. The van der Waals surface area contributed by atoms with E-state index in [4.69, 9.17) is 0 Å². The molecule has 0 amide bonds. The van der Waals surface area contributed by atoms with Gasteiger partial charge in [-0.1, -0.05) is 25.1 Å². The van der Waals surface area contributed by atoms with Crippen LogP contribution in [0.25, 0.3) is 0 Å². The first-order chi connectivity index (χ1) is 7.15. The van der Waals surface area contributed by atoms with Crippen molar-refractivity contribution in [3.05, 3.63) is 0 Å². The second-order valence-corrected chi connectivity index (χ2v) is 6.25. The smallest absolute Gasteiger partial charge is 0.143 e. The maximum atomic E-state index is 10.8. The summed E-state index contributed by atoms with van der Waals surface area (Å²) in [5.41, 5.74) is 0. The zero-order valence-electron chi connectivity index (χ0n) is 9.20. The van der Waals surface area contributed by atoms with E-state index in [0.29, 0.717) is 0 Å². The van der Waals surface area contributed by atoms with E-state index < -0.39 is 5.97 Å². The normalized spacial score (nSPS) is 40.9. The van der Waals surface area contributed by atoms with Gasteiger partial charge in [0.05, 0.1) is 5.75 Å². The fraction of sp³-hybridized carbons (Fsp3) is 0.909. The summed E-state index contributed by atoms with van der Waals surface area (Å²) in [6.45, 7) is 2.25. The summed E-state index contributed by atoms with van der Waals surface area (Å²) in [5, 5.41) is 12.8. The molecule has 0 aromatic heterocycles. The van der Waals surface area contributed by atoms with Crippen LogP contribution >= 0.6 is 11.8 Å². The number of rotatable bonds is 2. The highest BCUT2D eigenvalue weighted by Crippen LogP contribution is 2.40. The number of thioether (sulfide) groups is 1. The predicted octanol–water partition coefficient (Wildman–Crippen LogP) is -0.288. The lowest BCUT2D eigenvalue weighted by Crippen LogP contribution is -2.99. The molecule has 2 rings (SSSR count). The number of hydrogen-bond donors (Lipinski definition) is 1. The summed E-state index contributed by atoms with van der Waals surface area (Å²) in [5.74, 6) is 0.697. The van der Waals surface area contributed by atoms with Crippen molar-refractivity contribution in [3.8, 4) is 0 Å².